The van der Waals surface area contributed by atoms with Crippen molar-refractivity contribution in [1.29, 1.82) is 5.26 Å². The summed E-state index contributed by atoms with van der Waals surface area (Å²) in [6.07, 6.45) is 6.74. The van der Waals surface area contributed by atoms with Gasteiger partial charge in [0.1, 0.15) is 23.4 Å². The van der Waals surface area contributed by atoms with E-state index in [4.69, 9.17) is 5.26 Å². The van der Waals surface area contributed by atoms with Gasteiger partial charge >= 0.3 is 0 Å². The van der Waals surface area contributed by atoms with Gasteiger partial charge < -0.3 is 4.90 Å². The van der Waals surface area contributed by atoms with E-state index in [9.17, 15) is 0 Å². The lowest BCUT2D eigenvalue weighted by Gasteiger charge is -2.34. The molecule has 0 radical (unpaired) electrons. The van der Waals surface area contributed by atoms with Crippen LogP contribution in [0.25, 0.3) is 0 Å². The lowest BCUT2D eigenvalue weighted by molar-refractivity contribution is 0.506. The molecule has 2 aromatic heterocycles. The number of nitriles is 1. The quantitative estimate of drug-likeness (QED) is 0.870. The fourth-order valence-electron chi connectivity index (χ4n) is 2.95. The van der Waals surface area contributed by atoms with Gasteiger partial charge in [-0.15, -0.1) is 0 Å². The molecule has 1 atom stereocenters. The number of nitrogens with zero attached hydrogens (tertiary/aromatic N) is 5. The molecular formula is C17H19N5. The van der Waals surface area contributed by atoms with Crippen molar-refractivity contribution >= 4 is 5.82 Å². The third-order valence-electron chi connectivity index (χ3n) is 4.11. The van der Waals surface area contributed by atoms with Crippen LogP contribution in [0.15, 0.2) is 30.6 Å². The van der Waals surface area contributed by atoms with Crippen molar-refractivity contribution < 1.29 is 0 Å². The van der Waals surface area contributed by atoms with E-state index in [2.05, 4.69) is 38.1 Å². The summed E-state index contributed by atoms with van der Waals surface area (Å²) < 4.78 is 0. The second-order valence-electron chi connectivity index (χ2n) is 5.56. The highest BCUT2D eigenvalue weighted by Gasteiger charge is 2.23. The summed E-state index contributed by atoms with van der Waals surface area (Å²) in [6, 6.07) is 8.12. The lowest BCUT2D eigenvalue weighted by atomic mass is 9.91. The van der Waals surface area contributed by atoms with E-state index in [1.165, 1.54) is 12.0 Å². The van der Waals surface area contributed by atoms with E-state index in [-0.39, 0.29) is 0 Å². The van der Waals surface area contributed by atoms with Gasteiger partial charge in [0.25, 0.3) is 0 Å². The van der Waals surface area contributed by atoms with Crippen LogP contribution in [-0.2, 0) is 6.42 Å². The van der Waals surface area contributed by atoms with Gasteiger partial charge in [0.2, 0.25) is 0 Å². The number of piperidine rings is 1. The summed E-state index contributed by atoms with van der Waals surface area (Å²) in [5, 5.41) is 9.14. The van der Waals surface area contributed by atoms with E-state index in [0.717, 1.165) is 37.6 Å². The van der Waals surface area contributed by atoms with Crippen LogP contribution in [0.4, 0.5) is 5.82 Å². The molecule has 2 aromatic rings. The fraction of sp³-hybridized carbons (Fsp3) is 0.412. The average Bonchev–Trinajstić information content (AvgIpc) is 2.62. The maximum atomic E-state index is 9.14. The Balaban J connectivity index is 1.84. The van der Waals surface area contributed by atoms with Crippen molar-refractivity contribution in [2.45, 2.75) is 32.1 Å². The standard InChI is InChI=1S/C17H19N5/c1-2-16-20-15(11-18)10-17(21-16)22-9-3-4-14(12-22)13-5-7-19-8-6-13/h5-8,10,14H,2-4,9,12H2,1H3. The van der Waals surface area contributed by atoms with E-state index in [0.29, 0.717) is 11.6 Å². The summed E-state index contributed by atoms with van der Waals surface area (Å²) in [6.45, 7) is 3.91. The zero-order valence-corrected chi connectivity index (χ0v) is 12.7. The van der Waals surface area contributed by atoms with Gasteiger partial charge in [-0.25, -0.2) is 9.97 Å². The molecule has 5 nitrogen and oxygen atoms in total. The predicted octanol–water partition coefficient (Wildman–Crippen LogP) is 2.69. The van der Waals surface area contributed by atoms with Crippen molar-refractivity contribution in [1.82, 2.24) is 15.0 Å². The van der Waals surface area contributed by atoms with Crippen molar-refractivity contribution in [3.05, 3.63) is 47.7 Å². The number of rotatable bonds is 3. The molecular weight excluding hydrogens is 274 g/mol. The van der Waals surface area contributed by atoms with Crippen LogP contribution < -0.4 is 4.90 Å². The number of aromatic nitrogens is 3. The molecule has 0 aromatic carbocycles. The highest BCUT2D eigenvalue weighted by molar-refractivity contribution is 5.44. The Kier molecular flexibility index (Phi) is 4.29. The Morgan fingerprint density at radius 3 is 2.86 bits per heavy atom. The zero-order valence-electron chi connectivity index (χ0n) is 12.7. The second kappa shape index (κ2) is 6.52. The summed E-state index contributed by atoms with van der Waals surface area (Å²) in [7, 11) is 0. The number of hydrogen-bond acceptors (Lipinski definition) is 5. The van der Waals surface area contributed by atoms with E-state index < -0.39 is 0 Å². The molecule has 22 heavy (non-hydrogen) atoms. The molecule has 0 aliphatic carbocycles. The zero-order chi connectivity index (χ0) is 15.4. The Labute approximate surface area is 130 Å². The normalized spacial score (nSPS) is 18.0. The van der Waals surface area contributed by atoms with Gasteiger partial charge in [-0.3, -0.25) is 4.98 Å². The minimum Gasteiger partial charge on any atom is -0.356 e. The van der Waals surface area contributed by atoms with E-state index >= 15 is 0 Å². The molecule has 3 heterocycles. The molecule has 0 saturated carbocycles. The summed E-state index contributed by atoms with van der Waals surface area (Å²) in [5.74, 6) is 2.10. The number of aryl methyl sites for hydroxylation is 1. The number of anilines is 1. The number of pyridine rings is 1. The van der Waals surface area contributed by atoms with Crippen molar-refractivity contribution in [2.75, 3.05) is 18.0 Å². The summed E-state index contributed by atoms with van der Waals surface area (Å²) in [5.41, 5.74) is 1.78. The van der Waals surface area contributed by atoms with E-state index in [1.807, 2.05) is 19.3 Å². The molecule has 0 bridgehead atoms. The molecule has 112 valence electrons. The van der Waals surface area contributed by atoms with Crippen molar-refractivity contribution in [3.8, 4) is 6.07 Å². The predicted molar refractivity (Wildman–Crippen MR) is 84.6 cm³/mol. The Hall–Kier alpha value is -2.48. The van der Waals surface area contributed by atoms with Crippen LogP contribution in [0.5, 0.6) is 0 Å². The van der Waals surface area contributed by atoms with Crippen LogP contribution in [0.3, 0.4) is 0 Å². The lowest BCUT2D eigenvalue weighted by Crippen LogP contribution is -2.35. The van der Waals surface area contributed by atoms with Crippen LogP contribution in [-0.4, -0.2) is 28.0 Å². The number of hydrogen-bond donors (Lipinski definition) is 0. The first kappa shape index (κ1) is 14.5. The van der Waals surface area contributed by atoms with Crippen LogP contribution >= 0.6 is 0 Å². The van der Waals surface area contributed by atoms with Crippen LogP contribution in [0.2, 0.25) is 0 Å². The maximum absolute atomic E-state index is 9.14. The molecule has 1 saturated heterocycles. The first-order chi connectivity index (χ1) is 10.8. The molecule has 1 unspecified atom stereocenters. The van der Waals surface area contributed by atoms with Gasteiger partial charge in [-0.1, -0.05) is 6.92 Å². The highest BCUT2D eigenvalue weighted by atomic mass is 15.2. The largest absolute Gasteiger partial charge is 0.356 e. The van der Waals surface area contributed by atoms with Gasteiger partial charge in [0.15, 0.2) is 0 Å². The Morgan fingerprint density at radius 1 is 1.32 bits per heavy atom. The molecule has 1 aliphatic heterocycles. The SMILES string of the molecule is CCc1nc(C#N)cc(N2CCCC(c3ccncc3)C2)n1. The third-order valence-corrected chi connectivity index (χ3v) is 4.11. The second-order valence-corrected chi connectivity index (χ2v) is 5.56. The maximum Gasteiger partial charge on any atom is 0.146 e. The van der Waals surface area contributed by atoms with Gasteiger partial charge in [0.05, 0.1) is 0 Å². The Morgan fingerprint density at radius 2 is 2.14 bits per heavy atom. The van der Waals surface area contributed by atoms with Crippen molar-refractivity contribution in [2.24, 2.45) is 0 Å². The molecule has 5 heteroatoms. The van der Waals surface area contributed by atoms with Crippen molar-refractivity contribution in [3.63, 3.8) is 0 Å². The minimum absolute atomic E-state index is 0.452. The minimum atomic E-state index is 0.452. The topological polar surface area (TPSA) is 65.7 Å². The molecule has 0 spiro atoms. The van der Waals surface area contributed by atoms with Crippen LogP contribution in [0, 0.1) is 11.3 Å². The molecule has 3 rings (SSSR count). The van der Waals surface area contributed by atoms with Gasteiger partial charge in [-0.05, 0) is 30.5 Å². The summed E-state index contributed by atoms with van der Waals surface area (Å²) >= 11 is 0. The molecule has 0 amide bonds. The first-order valence-electron chi connectivity index (χ1n) is 7.73. The molecule has 1 aliphatic rings. The fourth-order valence-corrected chi connectivity index (χ4v) is 2.95. The van der Waals surface area contributed by atoms with Gasteiger partial charge in [-0.2, -0.15) is 5.26 Å². The van der Waals surface area contributed by atoms with E-state index in [1.54, 1.807) is 6.07 Å². The Bertz CT molecular complexity index is 677. The monoisotopic (exact) mass is 293 g/mol. The summed E-state index contributed by atoms with van der Waals surface area (Å²) in [4.78, 5) is 15.2. The van der Waals surface area contributed by atoms with Gasteiger partial charge in [0, 0.05) is 43.9 Å². The highest BCUT2D eigenvalue weighted by Crippen LogP contribution is 2.29. The molecule has 1 fully saturated rings. The third kappa shape index (κ3) is 3.06. The molecule has 0 N–H and O–H groups in total. The first-order valence-corrected chi connectivity index (χ1v) is 7.73. The average molecular weight is 293 g/mol. The van der Waals surface area contributed by atoms with Crippen LogP contribution in [0.1, 0.15) is 42.8 Å². The smallest absolute Gasteiger partial charge is 0.146 e.